The van der Waals surface area contributed by atoms with Gasteiger partial charge in [0.1, 0.15) is 23.8 Å². The van der Waals surface area contributed by atoms with Crippen LogP contribution < -0.4 is 20.7 Å². The molecule has 1 amide bonds. The first-order valence-corrected chi connectivity index (χ1v) is 13.9. The third-order valence-corrected chi connectivity index (χ3v) is 7.86. The second kappa shape index (κ2) is 11.5. The number of anilines is 2. The number of rotatable bonds is 6. The molecular weight excluding hydrogens is 578 g/mol. The van der Waals surface area contributed by atoms with Gasteiger partial charge in [-0.2, -0.15) is 23.1 Å². The van der Waals surface area contributed by atoms with Gasteiger partial charge in [0.2, 0.25) is 5.91 Å². The molecule has 0 unspecified atom stereocenters. The lowest BCUT2D eigenvalue weighted by molar-refractivity contribution is -0.137. The number of piperazine rings is 1. The summed E-state index contributed by atoms with van der Waals surface area (Å²) in [7, 11) is 0. The van der Waals surface area contributed by atoms with E-state index in [1.807, 2.05) is 11.8 Å². The van der Waals surface area contributed by atoms with E-state index in [2.05, 4.69) is 26.8 Å². The van der Waals surface area contributed by atoms with Gasteiger partial charge in [-0.15, -0.1) is 0 Å². The van der Waals surface area contributed by atoms with Crippen molar-refractivity contribution in [3.63, 3.8) is 0 Å². The molecule has 2 saturated heterocycles. The Morgan fingerprint density at radius 2 is 2.05 bits per heavy atom. The van der Waals surface area contributed by atoms with E-state index >= 15 is 4.39 Å². The van der Waals surface area contributed by atoms with Crippen molar-refractivity contribution < 1.29 is 27.1 Å². The van der Waals surface area contributed by atoms with Crippen molar-refractivity contribution in [1.82, 2.24) is 25.2 Å². The topological polar surface area (TPSA) is 110 Å². The Morgan fingerprint density at radius 1 is 1.29 bits per heavy atom. The number of nitrogens with zero attached hydrogens (tertiary/aromatic N) is 5. The normalized spacial score (nSPS) is 19.4. The fourth-order valence-electron chi connectivity index (χ4n) is 5.57. The molecule has 42 heavy (non-hydrogen) atoms. The van der Waals surface area contributed by atoms with E-state index in [4.69, 9.17) is 22.1 Å². The number of nitrogens with one attached hydrogen (secondary N) is 1. The number of carbonyl (C=O) groups excluding carboxylic acids is 1. The highest BCUT2D eigenvalue weighted by molar-refractivity contribution is 6.34. The molecule has 1 aromatic carbocycles. The van der Waals surface area contributed by atoms with Crippen LogP contribution in [0.3, 0.4) is 0 Å². The first-order valence-electron chi connectivity index (χ1n) is 13.5. The average molecular weight is 608 g/mol. The molecule has 0 saturated carbocycles. The van der Waals surface area contributed by atoms with E-state index in [1.165, 1.54) is 19.1 Å². The second-order valence-corrected chi connectivity index (χ2v) is 10.9. The van der Waals surface area contributed by atoms with Gasteiger partial charge in [-0.05, 0) is 57.0 Å². The Labute approximate surface area is 244 Å². The van der Waals surface area contributed by atoms with Crippen LogP contribution in [0, 0.1) is 12.7 Å². The number of hydrogen-bond donors (Lipinski definition) is 2. The predicted molar refractivity (Wildman–Crippen MR) is 152 cm³/mol. The van der Waals surface area contributed by atoms with Gasteiger partial charge in [0.05, 0.1) is 21.8 Å². The fraction of sp³-hybridized carbons (Fsp3) is 0.429. The number of hydrogen-bond acceptors (Lipinski definition) is 8. The molecule has 14 heteroatoms. The van der Waals surface area contributed by atoms with Crippen molar-refractivity contribution in [3.8, 4) is 17.3 Å². The lowest BCUT2D eigenvalue weighted by Gasteiger charge is -2.40. The van der Waals surface area contributed by atoms with Crippen molar-refractivity contribution in [2.75, 3.05) is 43.4 Å². The van der Waals surface area contributed by atoms with Crippen LogP contribution in [0.25, 0.3) is 22.2 Å². The number of ether oxygens (including phenoxy) is 1. The number of aryl methyl sites for hydroxylation is 1. The van der Waals surface area contributed by atoms with Crippen LogP contribution in [0.5, 0.6) is 6.01 Å². The number of halogens is 5. The summed E-state index contributed by atoms with van der Waals surface area (Å²) in [4.78, 5) is 28.5. The number of nitrogens with two attached hydrogens (primary N) is 1. The maximum absolute atomic E-state index is 16.5. The summed E-state index contributed by atoms with van der Waals surface area (Å²) in [6.07, 6.45) is -1.76. The van der Waals surface area contributed by atoms with Crippen LogP contribution >= 0.6 is 11.6 Å². The van der Waals surface area contributed by atoms with Crippen molar-refractivity contribution in [3.05, 3.63) is 46.8 Å². The first kappa shape index (κ1) is 29.8. The highest BCUT2D eigenvalue weighted by Gasteiger charge is 2.39. The van der Waals surface area contributed by atoms with Crippen molar-refractivity contribution in [2.24, 2.45) is 0 Å². The molecule has 3 aromatic rings. The van der Waals surface area contributed by atoms with E-state index in [9.17, 15) is 18.0 Å². The van der Waals surface area contributed by atoms with Gasteiger partial charge in [0, 0.05) is 37.1 Å². The van der Waals surface area contributed by atoms with Gasteiger partial charge in [-0.1, -0.05) is 18.2 Å². The third kappa shape index (κ3) is 5.67. The van der Waals surface area contributed by atoms with Gasteiger partial charge < -0.3 is 25.6 Å². The minimum atomic E-state index is -4.86. The summed E-state index contributed by atoms with van der Waals surface area (Å²) in [6, 6.07) is 2.06. The molecule has 4 heterocycles. The van der Waals surface area contributed by atoms with Gasteiger partial charge in [0.25, 0.3) is 0 Å². The lowest BCUT2D eigenvalue weighted by atomic mass is 9.99. The molecule has 0 bridgehead atoms. The molecule has 2 fully saturated rings. The molecule has 9 nitrogen and oxygen atoms in total. The van der Waals surface area contributed by atoms with E-state index in [0.717, 1.165) is 25.5 Å². The van der Waals surface area contributed by atoms with E-state index in [0.29, 0.717) is 19.6 Å². The number of nitrogen functional groups attached to an aromatic ring is 1. The van der Waals surface area contributed by atoms with E-state index in [-0.39, 0.29) is 63.7 Å². The Balaban J connectivity index is 1.68. The number of carbonyl (C=O) groups is 1. The SMILES string of the molecule is C=CC(=O)N1CCN(c2nc(OC[C@@H]3CCCN3)nc3c(F)c(-c4nc(N)cc(C)c4C(F)(F)F)c(Cl)cc23)[C@@H](C)C1. The summed E-state index contributed by atoms with van der Waals surface area (Å²) < 4.78 is 64.8. The molecule has 2 atom stereocenters. The van der Waals surface area contributed by atoms with Gasteiger partial charge in [-0.3, -0.25) is 4.79 Å². The highest BCUT2D eigenvalue weighted by atomic mass is 35.5. The smallest absolute Gasteiger partial charge is 0.418 e. The minimum Gasteiger partial charge on any atom is -0.462 e. The van der Waals surface area contributed by atoms with Crippen molar-refractivity contribution in [2.45, 2.75) is 44.9 Å². The van der Waals surface area contributed by atoms with E-state index in [1.54, 1.807) is 4.90 Å². The molecular formula is C28H30ClF4N7O2. The molecule has 5 rings (SSSR count). The molecule has 2 aromatic heterocycles. The lowest BCUT2D eigenvalue weighted by Crippen LogP contribution is -2.53. The van der Waals surface area contributed by atoms with Gasteiger partial charge in [-0.25, -0.2) is 9.37 Å². The number of amides is 1. The summed E-state index contributed by atoms with van der Waals surface area (Å²) in [5, 5.41) is 3.16. The maximum atomic E-state index is 16.5. The standard InChI is InChI=1S/C28H30ClF4N7O2/c1-4-20(41)39-8-9-40(15(3)12-39)26-17-11-18(29)21(25-22(28(31,32)33)14(2)10-19(34)36-25)23(30)24(17)37-27(38-26)42-13-16-6-5-7-35-16/h4,10-11,15-16,35H,1,5-9,12-13H2,2-3H3,(H2,34,36)/t15-,16-/m0/s1. The Hall–Kier alpha value is -3.71. The summed E-state index contributed by atoms with van der Waals surface area (Å²) in [5.74, 6) is -1.26. The zero-order valence-electron chi connectivity index (χ0n) is 23.1. The zero-order chi connectivity index (χ0) is 30.3. The molecule has 0 aliphatic carbocycles. The molecule has 0 radical (unpaired) electrons. The van der Waals surface area contributed by atoms with Crippen LogP contribution in [0.1, 0.15) is 30.9 Å². The highest BCUT2D eigenvalue weighted by Crippen LogP contribution is 2.44. The number of fused-ring (bicyclic) bond motifs is 1. The number of pyridine rings is 1. The van der Waals surface area contributed by atoms with Crippen molar-refractivity contribution in [1.29, 1.82) is 0 Å². The third-order valence-electron chi connectivity index (χ3n) is 7.56. The van der Waals surface area contributed by atoms with Crippen LogP contribution in [0.4, 0.5) is 29.2 Å². The van der Waals surface area contributed by atoms with Crippen LogP contribution in [-0.2, 0) is 11.0 Å². The van der Waals surface area contributed by atoms with Crippen LogP contribution in [0.15, 0.2) is 24.8 Å². The quantitative estimate of drug-likeness (QED) is 0.305. The van der Waals surface area contributed by atoms with E-state index < -0.39 is 28.8 Å². The van der Waals surface area contributed by atoms with Crippen LogP contribution in [-0.4, -0.2) is 70.6 Å². The molecule has 0 spiro atoms. The monoisotopic (exact) mass is 607 g/mol. The zero-order valence-corrected chi connectivity index (χ0v) is 23.8. The second-order valence-electron chi connectivity index (χ2n) is 10.5. The Morgan fingerprint density at radius 3 is 2.69 bits per heavy atom. The summed E-state index contributed by atoms with van der Waals surface area (Å²) >= 11 is 6.52. The largest absolute Gasteiger partial charge is 0.462 e. The fourth-order valence-corrected chi connectivity index (χ4v) is 5.85. The number of benzene rings is 1. The predicted octanol–water partition coefficient (Wildman–Crippen LogP) is 4.75. The number of aromatic nitrogens is 3. The molecule has 224 valence electrons. The first-order chi connectivity index (χ1) is 19.9. The van der Waals surface area contributed by atoms with Gasteiger partial charge >= 0.3 is 12.2 Å². The molecule has 3 N–H and O–H groups in total. The maximum Gasteiger partial charge on any atom is 0.418 e. The van der Waals surface area contributed by atoms with Gasteiger partial charge in [0.15, 0.2) is 5.82 Å². The molecule has 2 aliphatic rings. The summed E-state index contributed by atoms with van der Waals surface area (Å²) in [5.41, 5.74) is 2.84. The van der Waals surface area contributed by atoms with Crippen molar-refractivity contribution >= 4 is 40.0 Å². The summed E-state index contributed by atoms with van der Waals surface area (Å²) in [6.45, 7) is 8.73. The van der Waals surface area contributed by atoms with Crippen LogP contribution in [0.2, 0.25) is 5.02 Å². The average Bonchev–Trinajstić information content (AvgIpc) is 3.44. The Kier molecular flexibility index (Phi) is 8.17. The minimum absolute atomic E-state index is 0.0552. The number of alkyl halides is 3. The Bertz CT molecular complexity index is 1550. The molecule has 2 aliphatic heterocycles.